The molecule has 0 aliphatic carbocycles. The fourth-order valence-corrected chi connectivity index (χ4v) is 2.84. The predicted molar refractivity (Wildman–Crippen MR) is 65.1 cm³/mol. The molecule has 0 aromatic heterocycles. The zero-order valence-electron chi connectivity index (χ0n) is 15.6. The van der Waals surface area contributed by atoms with Gasteiger partial charge in [0.25, 0.3) is 0 Å². The van der Waals surface area contributed by atoms with Crippen LogP contribution in [0, 0.1) is 5.41 Å². The third kappa shape index (κ3) is 2.94. The third-order valence-electron chi connectivity index (χ3n) is 3.64. The molecule has 2 rings (SSSR count). The highest BCUT2D eigenvalue weighted by Gasteiger charge is 2.31. The predicted octanol–water partition coefficient (Wildman–Crippen LogP) is 2.20. The smallest absolute Gasteiger partial charge is 0.0236 e. The van der Waals surface area contributed by atoms with Crippen molar-refractivity contribution in [2.45, 2.75) is 45.4 Å². The Morgan fingerprint density at radius 1 is 1.27 bits per heavy atom. The Hall–Kier alpha value is -0.0800. The second-order valence-electron chi connectivity index (χ2n) is 5.21. The van der Waals surface area contributed by atoms with Gasteiger partial charge in [-0.25, -0.2) is 0 Å². The van der Waals surface area contributed by atoms with Gasteiger partial charge >= 0.3 is 0 Å². The minimum absolute atomic E-state index is 0.165. The molecule has 2 aliphatic rings. The maximum atomic E-state index is 7.81. The van der Waals surface area contributed by atoms with Crippen molar-refractivity contribution in [1.29, 1.82) is 0 Å². The average Bonchev–Trinajstić information content (AvgIpc) is 2.36. The Morgan fingerprint density at radius 3 is 2.87 bits per heavy atom. The molecule has 2 aliphatic heterocycles. The maximum Gasteiger partial charge on any atom is 0.0236 e. The molecule has 2 heterocycles. The van der Waals surface area contributed by atoms with E-state index in [1.54, 1.807) is 0 Å². The Labute approximate surface area is 103 Å². The van der Waals surface area contributed by atoms with Gasteiger partial charge in [0.15, 0.2) is 0 Å². The Morgan fingerprint density at radius 2 is 2.13 bits per heavy atom. The highest BCUT2D eigenvalue weighted by molar-refractivity contribution is 4.86. The molecule has 0 aromatic rings. The first-order valence-electron chi connectivity index (χ1n) is 8.99. The van der Waals surface area contributed by atoms with Gasteiger partial charge in [-0.2, -0.15) is 0 Å². The Balaban J connectivity index is 2.21. The fraction of sp³-hybridized carbons (Fsp3) is 1.00. The maximum absolute atomic E-state index is 7.81. The number of nitrogens with zero attached hydrogens (tertiary/aromatic N) is 2. The van der Waals surface area contributed by atoms with Crippen LogP contribution in [0.15, 0.2) is 0 Å². The quantitative estimate of drug-likeness (QED) is 0.663. The lowest BCUT2D eigenvalue weighted by Crippen LogP contribution is -2.51. The molecule has 2 nitrogen and oxygen atoms in total. The molecular weight excluding hydrogens is 184 g/mol. The van der Waals surface area contributed by atoms with Crippen molar-refractivity contribution in [3.05, 3.63) is 0 Å². The average molecular weight is 216 g/mol. The second kappa shape index (κ2) is 4.42. The van der Waals surface area contributed by atoms with Crippen LogP contribution in [-0.2, 0) is 0 Å². The summed E-state index contributed by atoms with van der Waals surface area (Å²) in [6.07, 6.45) is 3.03. The van der Waals surface area contributed by atoms with Crippen molar-refractivity contribution in [1.82, 2.24) is 9.80 Å². The lowest BCUT2D eigenvalue weighted by atomic mass is 9.83. The molecule has 0 amide bonds. The van der Waals surface area contributed by atoms with Crippen molar-refractivity contribution in [2.24, 2.45) is 5.41 Å². The normalized spacial score (nSPS) is 41.8. The molecule has 0 radical (unpaired) electrons. The highest BCUT2D eigenvalue weighted by atomic mass is 15.2. The van der Waals surface area contributed by atoms with Crippen LogP contribution in [-0.4, -0.2) is 49.1 Å². The standard InChI is InChI=1S/C13H26N2/c1-13(2)7-5-9-15(11-13)12-6-4-8-14(3)10-12/h12H,4-11H2,1-3H3/i1D3,2D3. The summed E-state index contributed by atoms with van der Waals surface area (Å²) in [5, 5.41) is 0. The van der Waals surface area contributed by atoms with Crippen LogP contribution >= 0.6 is 0 Å². The first-order chi connectivity index (χ1) is 9.57. The van der Waals surface area contributed by atoms with E-state index >= 15 is 0 Å². The lowest BCUT2D eigenvalue weighted by molar-refractivity contribution is 0.0439. The zero-order valence-corrected chi connectivity index (χ0v) is 9.63. The lowest BCUT2D eigenvalue weighted by Gasteiger charge is -2.45. The minimum atomic E-state index is -2.45. The van der Waals surface area contributed by atoms with E-state index in [9.17, 15) is 0 Å². The summed E-state index contributed by atoms with van der Waals surface area (Å²) in [7, 11) is 2.07. The molecule has 88 valence electrons. The van der Waals surface area contributed by atoms with E-state index in [0.717, 1.165) is 32.5 Å². The van der Waals surface area contributed by atoms with Crippen molar-refractivity contribution in [3.8, 4) is 0 Å². The van der Waals surface area contributed by atoms with Gasteiger partial charge in [-0.05, 0) is 51.2 Å². The van der Waals surface area contributed by atoms with Gasteiger partial charge < -0.3 is 4.90 Å². The molecule has 0 N–H and O–H groups in total. The van der Waals surface area contributed by atoms with Crippen LogP contribution in [0.1, 0.15) is 47.6 Å². The molecule has 2 fully saturated rings. The van der Waals surface area contributed by atoms with Crippen molar-refractivity contribution >= 4 is 0 Å². The summed E-state index contributed by atoms with van der Waals surface area (Å²) >= 11 is 0. The van der Waals surface area contributed by atoms with Gasteiger partial charge in [-0.15, -0.1) is 0 Å². The molecule has 1 unspecified atom stereocenters. The van der Waals surface area contributed by atoms with E-state index in [2.05, 4.69) is 16.8 Å². The van der Waals surface area contributed by atoms with Crippen molar-refractivity contribution in [3.63, 3.8) is 0 Å². The molecule has 0 bridgehead atoms. The summed E-state index contributed by atoms with van der Waals surface area (Å²) in [6.45, 7) is -1.95. The highest BCUT2D eigenvalue weighted by Crippen LogP contribution is 2.31. The van der Waals surface area contributed by atoms with E-state index in [1.165, 1.54) is 0 Å². The van der Waals surface area contributed by atoms with Crippen LogP contribution in [0.2, 0.25) is 0 Å². The Bertz CT molecular complexity index is 351. The number of likely N-dealkylation sites (tertiary alicyclic amines) is 2. The van der Waals surface area contributed by atoms with Crippen LogP contribution in [0.4, 0.5) is 0 Å². The van der Waals surface area contributed by atoms with Gasteiger partial charge in [-0.1, -0.05) is 13.7 Å². The first-order valence-corrected chi connectivity index (χ1v) is 5.99. The van der Waals surface area contributed by atoms with E-state index in [1.807, 2.05) is 0 Å². The van der Waals surface area contributed by atoms with E-state index in [-0.39, 0.29) is 19.0 Å². The number of hydrogen-bond donors (Lipinski definition) is 0. The van der Waals surface area contributed by atoms with Gasteiger partial charge in [0.2, 0.25) is 0 Å². The van der Waals surface area contributed by atoms with E-state index in [4.69, 9.17) is 8.22 Å². The summed E-state index contributed by atoms with van der Waals surface area (Å²) in [5.41, 5.74) is -1.58. The SMILES string of the molecule is [2H]C([2H])([2H])C1(C([2H])([2H])[2H])CCCN(C2CCCN(C)C2)C1. The topological polar surface area (TPSA) is 6.48 Å². The zero-order chi connectivity index (χ0) is 15.9. The summed E-state index contributed by atoms with van der Waals surface area (Å²) < 4.78 is 46.9. The third-order valence-corrected chi connectivity index (χ3v) is 3.64. The minimum Gasteiger partial charge on any atom is -0.305 e. The summed E-state index contributed by atoms with van der Waals surface area (Å²) in [5.74, 6) is 0. The molecule has 0 aromatic carbocycles. The molecule has 2 saturated heterocycles. The number of likely N-dealkylation sites (N-methyl/N-ethyl adjacent to an activating group) is 1. The van der Waals surface area contributed by atoms with Crippen LogP contribution in [0.5, 0.6) is 0 Å². The molecule has 0 saturated carbocycles. The van der Waals surface area contributed by atoms with Gasteiger partial charge in [0.1, 0.15) is 0 Å². The van der Waals surface area contributed by atoms with E-state index in [0.29, 0.717) is 6.42 Å². The molecule has 1 atom stereocenters. The summed E-state index contributed by atoms with van der Waals surface area (Å²) in [4.78, 5) is 4.37. The van der Waals surface area contributed by atoms with Gasteiger partial charge in [-0.3, -0.25) is 4.90 Å². The van der Waals surface area contributed by atoms with Crippen molar-refractivity contribution in [2.75, 3.05) is 33.2 Å². The van der Waals surface area contributed by atoms with Gasteiger partial charge in [0, 0.05) is 27.4 Å². The van der Waals surface area contributed by atoms with Gasteiger partial charge in [0.05, 0.1) is 0 Å². The number of rotatable bonds is 1. The molecule has 0 spiro atoms. The Kier molecular flexibility index (Phi) is 1.77. The van der Waals surface area contributed by atoms with Crippen LogP contribution in [0.3, 0.4) is 0 Å². The summed E-state index contributed by atoms with van der Waals surface area (Å²) in [6, 6.07) is 0.285. The monoisotopic (exact) mass is 216 g/mol. The molecule has 2 heteroatoms. The van der Waals surface area contributed by atoms with Crippen LogP contribution in [0.25, 0.3) is 0 Å². The largest absolute Gasteiger partial charge is 0.305 e. The number of hydrogen-bond acceptors (Lipinski definition) is 2. The van der Waals surface area contributed by atoms with Crippen molar-refractivity contribution < 1.29 is 8.22 Å². The molecule has 15 heavy (non-hydrogen) atoms. The first kappa shape index (κ1) is 6.02. The van der Waals surface area contributed by atoms with Crippen LogP contribution < -0.4 is 0 Å². The molecular formula is C13H26N2. The fourth-order valence-electron chi connectivity index (χ4n) is 2.84. The van der Waals surface area contributed by atoms with E-state index < -0.39 is 19.1 Å². The second-order valence-corrected chi connectivity index (χ2v) is 5.21. The number of piperidine rings is 2.